The first-order valence-corrected chi connectivity index (χ1v) is 11.7. The highest BCUT2D eigenvalue weighted by Gasteiger charge is 2.43. The lowest BCUT2D eigenvalue weighted by Crippen LogP contribution is -2.31. The Balaban J connectivity index is 2.49. The van der Waals surface area contributed by atoms with Crippen LogP contribution < -0.4 is 25.8 Å². The van der Waals surface area contributed by atoms with Gasteiger partial charge < -0.3 is 21.1 Å². The highest BCUT2D eigenvalue weighted by molar-refractivity contribution is 9.10. The molecule has 0 saturated heterocycles. The van der Waals surface area contributed by atoms with Crippen molar-refractivity contribution in [3.63, 3.8) is 0 Å². The summed E-state index contributed by atoms with van der Waals surface area (Å²) in [5.41, 5.74) is 5.06. The first kappa shape index (κ1) is 26.9. The van der Waals surface area contributed by atoms with E-state index in [2.05, 4.69) is 36.0 Å². The van der Waals surface area contributed by atoms with Gasteiger partial charge in [0.05, 0.1) is 16.4 Å². The lowest BCUT2D eigenvalue weighted by molar-refractivity contribution is -0.189. The molecule has 2 aromatic rings. The molecule has 0 heterocycles. The average Bonchev–Trinajstić information content (AvgIpc) is 2.71. The highest BCUT2D eigenvalue weighted by atomic mass is 79.9. The summed E-state index contributed by atoms with van der Waals surface area (Å²) in [6.07, 6.45) is -5.24. The Labute approximate surface area is 200 Å². The van der Waals surface area contributed by atoms with E-state index >= 15 is 0 Å². The van der Waals surface area contributed by atoms with Gasteiger partial charge in [-0.3, -0.25) is 0 Å². The molecule has 0 aliphatic heterocycles. The number of esters is 1. The van der Waals surface area contributed by atoms with E-state index in [0.717, 1.165) is 12.1 Å². The Bertz CT molecular complexity index is 1150. The Hall–Kier alpha value is -2.39. The van der Waals surface area contributed by atoms with Crippen molar-refractivity contribution in [2.45, 2.75) is 17.5 Å². The maximum absolute atomic E-state index is 12.8. The highest BCUT2D eigenvalue weighted by Crippen LogP contribution is 2.39. The number of ether oxygens (including phenoxy) is 1. The predicted molar refractivity (Wildman–Crippen MR) is 119 cm³/mol. The van der Waals surface area contributed by atoms with E-state index in [4.69, 9.17) is 17.3 Å². The topological polar surface area (TPSA) is 140 Å². The van der Waals surface area contributed by atoms with Crippen LogP contribution in [0.2, 0.25) is 5.02 Å². The number of hydrogen-bond acceptors (Lipinski definition) is 6. The maximum Gasteiger partial charge on any atom is 0.491 e. The largest absolute Gasteiger partial charge is 0.491 e. The molecule has 0 unspecified atom stereocenters. The number of halogens is 5. The summed E-state index contributed by atoms with van der Waals surface area (Å²) < 4.78 is 70.9. The van der Waals surface area contributed by atoms with Crippen LogP contribution in [0.5, 0.6) is 5.75 Å². The van der Waals surface area contributed by atoms with Gasteiger partial charge in [-0.1, -0.05) is 23.7 Å². The van der Waals surface area contributed by atoms with Gasteiger partial charge in [0.25, 0.3) is 0 Å². The van der Waals surface area contributed by atoms with Gasteiger partial charge in [-0.05, 0) is 53.2 Å². The van der Waals surface area contributed by atoms with Crippen molar-refractivity contribution >= 4 is 60.9 Å². The molecule has 0 saturated carbocycles. The van der Waals surface area contributed by atoms with Crippen molar-refractivity contribution in [3.8, 4) is 5.75 Å². The number of amides is 2. The summed E-state index contributed by atoms with van der Waals surface area (Å²) in [5.74, 6) is -3.82. The van der Waals surface area contributed by atoms with Crippen molar-refractivity contribution in [2.75, 3.05) is 23.7 Å². The molecule has 2 rings (SSSR count). The molecule has 2 amide bonds. The maximum atomic E-state index is 12.8. The van der Waals surface area contributed by atoms with E-state index in [1.165, 1.54) is 6.07 Å². The number of sulfonamides is 1. The number of nitrogens with two attached hydrogens (primary N) is 1. The molecule has 180 valence electrons. The van der Waals surface area contributed by atoms with Gasteiger partial charge in [-0.25, -0.2) is 22.7 Å². The molecule has 0 spiro atoms. The van der Waals surface area contributed by atoms with Crippen molar-refractivity contribution < 1.29 is 35.9 Å². The number of carbonyl (C=O) groups is 2. The number of benzene rings is 2. The van der Waals surface area contributed by atoms with E-state index in [1.807, 2.05) is 0 Å². The number of anilines is 2. The molecule has 0 atom stereocenters. The summed E-state index contributed by atoms with van der Waals surface area (Å²) in [5, 5.41) is 4.03. The van der Waals surface area contributed by atoms with Crippen molar-refractivity contribution in [2.24, 2.45) is 5.73 Å². The third kappa shape index (κ3) is 7.30. The average molecular weight is 574 g/mol. The summed E-state index contributed by atoms with van der Waals surface area (Å²) in [6.45, 7) is -0.0367. The third-order valence-corrected chi connectivity index (χ3v) is 6.45. The van der Waals surface area contributed by atoms with E-state index < -0.39 is 49.6 Å². The molecule has 0 aliphatic rings. The fourth-order valence-electron chi connectivity index (χ4n) is 2.36. The lowest BCUT2D eigenvalue weighted by atomic mass is 10.3. The molecular weight excluding hydrogens is 557 g/mol. The minimum atomic E-state index is -5.45. The second kappa shape index (κ2) is 11.2. The van der Waals surface area contributed by atoms with Crippen LogP contribution in [0.15, 0.2) is 45.8 Å². The lowest BCUT2D eigenvalue weighted by Gasteiger charge is -2.18. The minimum Gasteiger partial charge on any atom is -0.416 e. The van der Waals surface area contributed by atoms with Crippen molar-refractivity contribution in [1.82, 2.24) is 4.72 Å². The van der Waals surface area contributed by atoms with Gasteiger partial charge in [-0.2, -0.15) is 13.2 Å². The number of carbonyl (C=O) groups excluding carboxylic acids is 2. The molecule has 5 N–H and O–H groups in total. The van der Waals surface area contributed by atoms with Crippen LogP contribution in [0.3, 0.4) is 0 Å². The zero-order valence-electron chi connectivity index (χ0n) is 16.5. The Morgan fingerprint density at radius 2 is 1.73 bits per heavy atom. The molecule has 15 heteroatoms. The van der Waals surface area contributed by atoms with E-state index in [1.54, 1.807) is 18.2 Å². The fraction of sp³-hybridized carbons (Fsp3) is 0.222. The molecule has 2 aromatic carbocycles. The summed E-state index contributed by atoms with van der Waals surface area (Å²) >= 11 is 9.14. The van der Waals surface area contributed by atoms with E-state index in [9.17, 15) is 31.2 Å². The molecule has 0 aromatic heterocycles. The Kier molecular flexibility index (Phi) is 9.08. The van der Waals surface area contributed by atoms with Gasteiger partial charge in [0.1, 0.15) is 4.90 Å². The van der Waals surface area contributed by atoms with Gasteiger partial charge in [-0.15, -0.1) is 0 Å². The first-order chi connectivity index (χ1) is 15.4. The molecule has 0 bridgehead atoms. The zero-order valence-corrected chi connectivity index (χ0v) is 19.7. The van der Waals surface area contributed by atoms with Crippen LogP contribution in [0, 0.1) is 0 Å². The molecule has 0 fully saturated rings. The van der Waals surface area contributed by atoms with Crippen LogP contribution in [0.4, 0.5) is 29.3 Å². The molecule has 9 nitrogen and oxygen atoms in total. The Morgan fingerprint density at radius 3 is 2.33 bits per heavy atom. The summed E-state index contributed by atoms with van der Waals surface area (Å²) in [7, 11) is -4.57. The predicted octanol–water partition coefficient (Wildman–Crippen LogP) is 3.84. The second-order valence-corrected chi connectivity index (χ2v) is 9.20. The number of rotatable bonds is 8. The van der Waals surface area contributed by atoms with Crippen molar-refractivity contribution in [1.29, 1.82) is 0 Å². The van der Waals surface area contributed by atoms with Gasteiger partial charge in [0, 0.05) is 11.0 Å². The molecule has 0 aliphatic carbocycles. The zero-order chi connectivity index (χ0) is 24.8. The molecule has 33 heavy (non-hydrogen) atoms. The standard InChI is InChI=1S/C18H17BrClF3N4O5S/c19-10-4-1-2-5-12(10)26-17(29)27-13-7-6-11(20)15(33(30,31)25-9-3-8-24)14(13)32-16(28)18(21,22)23/h1-2,4-7,25H,3,8-9,24H2,(H2,26,27,29). The third-order valence-electron chi connectivity index (χ3n) is 3.80. The monoisotopic (exact) mass is 572 g/mol. The van der Waals surface area contributed by atoms with Gasteiger partial charge >= 0.3 is 18.2 Å². The molecular formula is C18H17BrClF3N4O5S. The van der Waals surface area contributed by atoms with Crippen molar-refractivity contribution in [3.05, 3.63) is 45.9 Å². The van der Waals surface area contributed by atoms with Crippen LogP contribution in [-0.4, -0.2) is 39.7 Å². The van der Waals surface area contributed by atoms with Crippen LogP contribution in [0.25, 0.3) is 0 Å². The number of urea groups is 1. The summed E-state index contributed by atoms with van der Waals surface area (Å²) in [6, 6.07) is 7.46. The number of nitrogens with one attached hydrogen (secondary N) is 3. The number of hydrogen-bond donors (Lipinski definition) is 4. The van der Waals surface area contributed by atoms with Crippen LogP contribution in [-0.2, 0) is 14.8 Å². The normalized spacial score (nSPS) is 11.7. The minimum absolute atomic E-state index is 0.128. The first-order valence-electron chi connectivity index (χ1n) is 9.00. The Morgan fingerprint density at radius 1 is 1.09 bits per heavy atom. The van der Waals surface area contributed by atoms with Gasteiger partial charge in [0.15, 0.2) is 5.75 Å². The fourth-order valence-corrected chi connectivity index (χ4v) is 4.47. The second-order valence-electron chi connectivity index (χ2n) is 6.24. The van der Waals surface area contributed by atoms with Gasteiger partial charge in [0.2, 0.25) is 10.0 Å². The summed E-state index contributed by atoms with van der Waals surface area (Å²) in [4.78, 5) is 22.9. The SMILES string of the molecule is NCCCNS(=O)(=O)c1c(Cl)ccc(NC(=O)Nc2ccccc2Br)c1OC(=O)C(F)(F)F. The smallest absolute Gasteiger partial charge is 0.416 e. The number of para-hydroxylation sites is 1. The quantitative estimate of drug-likeness (QED) is 0.215. The van der Waals surface area contributed by atoms with E-state index in [0.29, 0.717) is 10.2 Å². The number of alkyl halides is 3. The van der Waals surface area contributed by atoms with Crippen LogP contribution >= 0.6 is 27.5 Å². The molecule has 0 radical (unpaired) electrons. The van der Waals surface area contributed by atoms with Crippen LogP contribution in [0.1, 0.15) is 6.42 Å². The van der Waals surface area contributed by atoms with E-state index in [-0.39, 0.29) is 19.5 Å².